The van der Waals surface area contributed by atoms with Gasteiger partial charge in [0, 0.05) is 51.2 Å². The molecule has 1 aromatic carbocycles. The van der Waals surface area contributed by atoms with Crippen LogP contribution in [0.2, 0.25) is 0 Å². The second-order valence-electron chi connectivity index (χ2n) is 6.77. The van der Waals surface area contributed by atoms with Gasteiger partial charge in [-0.15, -0.1) is 0 Å². The molecule has 0 saturated carbocycles. The van der Waals surface area contributed by atoms with Gasteiger partial charge in [0.2, 0.25) is 0 Å². The predicted molar refractivity (Wildman–Crippen MR) is 105 cm³/mol. The minimum atomic E-state index is -0.0794. The molecule has 1 aliphatic heterocycles. The SMILES string of the molecule is COc1cccc2ccc(CN3CCN(c4cnn(C)c(=O)c4)CC3)nc12. The van der Waals surface area contributed by atoms with Crippen molar-refractivity contribution < 1.29 is 4.74 Å². The first kappa shape index (κ1) is 17.5. The van der Waals surface area contributed by atoms with E-state index in [1.54, 1.807) is 26.4 Å². The molecule has 27 heavy (non-hydrogen) atoms. The van der Waals surface area contributed by atoms with Crippen LogP contribution in [0.15, 0.2) is 47.4 Å². The zero-order valence-corrected chi connectivity index (χ0v) is 15.6. The highest BCUT2D eigenvalue weighted by Gasteiger charge is 2.18. The van der Waals surface area contributed by atoms with Crippen LogP contribution in [0.5, 0.6) is 5.75 Å². The number of fused-ring (bicyclic) bond motifs is 1. The monoisotopic (exact) mass is 365 g/mol. The molecule has 3 aromatic rings. The number of methoxy groups -OCH3 is 1. The highest BCUT2D eigenvalue weighted by atomic mass is 16.5. The van der Waals surface area contributed by atoms with E-state index in [0.717, 1.165) is 60.8 Å². The first-order chi connectivity index (χ1) is 13.1. The van der Waals surface area contributed by atoms with E-state index in [1.165, 1.54) is 4.68 Å². The van der Waals surface area contributed by atoms with Gasteiger partial charge in [-0.05, 0) is 12.1 Å². The number of anilines is 1. The number of rotatable bonds is 4. The largest absolute Gasteiger partial charge is 0.494 e. The molecule has 0 spiro atoms. The molecule has 0 unspecified atom stereocenters. The van der Waals surface area contributed by atoms with Crippen molar-refractivity contribution in [2.45, 2.75) is 6.54 Å². The Kier molecular flexibility index (Phi) is 4.77. The normalized spacial score (nSPS) is 15.3. The molecule has 0 radical (unpaired) electrons. The molecular formula is C20H23N5O2. The summed E-state index contributed by atoms with van der Waals surface area (Å²) in [5.41, 5.74) is 2.76. The second kappa shape index (κ2) is 7.36. The molecule has 1 saturated heterocycles. The summed E-state index contributed by atoms with van der Waals surface area (Å²) in [6.45, 7) is 4.37. The quantitative estimate of drug-likeness (QED) is 0.701. The zero-order chi connectivity index (χ0) is 18.8. The lowest BCUT2D eigenvalue weighted by Crippen LogP contribution is -2.46. The zero-order valence-electron chi connectivity index (χ0n) is 15.6. The van der Waals surface area contributed by atoms with E-state index in [1.807, 2.05) is 18.2 Å². The van der Waals surface area contributed by atoms with E-state index >= 15 is 0 Å². The topological polar surface area (TPSA) is 63.5 Å². The van der Waals surface area contributed by atoms with Crippen molar-refractivity contribution in [3.05, 3.63) is 58.6 Å². The minimum absolute atomic E-state index is 0.0794. The minimum Gasteiger partial charge on any atom is -0.494 e. The first-order valence-electron chi connectivity index (χ1n) is 9.07. The van der Waals surface area contributed by atoms with Crippen LogP contribution in [0.1, 0.15) is 5.69 Å². The Bertz CT molecular complexity index is 1010. The fourth-order valence-corrected chi connectivity index (χ4v) is 3.44. The summed E-state index contributed by atoms with van der Waals surface area (Å²) in [5, 5.41) is 5.20. The molecule has 7 nitrogen and oxygen atoms in total. The van der Waals surface area contributed by atoms with Gasteiger partial charge in [0.05, 0.1) is 24.7 Å². The number of hydrogen-bond acceptors (Lipinski definition) is 6. The van der Waals surface area contributed by atoms with Gasteiger partial charge >= 0.3 is 0 Å². The Morgan fingerprint density at radius 3 is 2.67 bits per heavy atom. The smallest absolute Gasteiger partial charge is 0.268 e. The molecule has 4 rings (SSSR count). The van der Waals surface area contributed by atoms with Crippen LogP contribution in [0.3, 0.4) is 0 Å². The third-order valence-electron chi connectivity index (χ3n) is 5.04. The Morgan fingerprint density at radius 1 is 1.11 bits per heavy atom. The summed E-state index contributed by atoms with van der Waals surface area (Å²) < 4.78 is 6.78. The molecule has 0 aliphatic carbocycles. The maximum absolute atomic E-state index is 11.8. The molecule has 2 aromatic heterocycles. The third-order valence-corrected chi connectivity index (χ3v) is 5.04. The van der Waals surface area contributed by atoms with Gasteiger partial charge in [0.15, 0.2) is 0 Å². The number of hydrogen-bond donors (Lipinski definition) is 0. The van der Waals surface area contributed by atoms with Gasteiger partial charge in [-0.25, -0.2) is 9.67 Å². The van der Waals surface area contributed by atoms with E-state index in [-0.39, 0.29) is 5.56 Å². The Labute approximate surface area is 157 Å². The molecule has 1 aliphatic rings. The lowest BCUT2D eigenvalue weighted by Gasteiger charge is -2.35. The van der Waals surface area contributed by atoms with E-state index in [0.29, 0.717) is 0 Å². The summed E-state index contributed by atoms with van der Waals surface area (Å²) in [5.74, 6) is 0.803. The summed E-state index contributed by atoms with van der Waals surface area (Å²) in [4.78, 5) is 21.2. The summed E-state index contributed by atoms with van der Waals surface area (Å²) in [6.07, 6.45) is 1.76. The number of para-hydroxylation sites is 1. The number of nitrogens with zero attached hydrogens (tertiary/aromatic N) is 5. The van der Waals surface area contributed by atoms with Crippen molar-refractivity contribution in [2.24, 2.45) is 7.05 Å². The lowest BCUT2D eigenvalue weighted by molar-refractivity contribution is 0.247. The molecular weight excluding hydrogens is 342 g/mol. The van der Waals surface area contributed by atoms with Crippen molar-refractivity contribution in [1.82, 2.24) is 19.7 Å². The van der Waals surface area contributed by atoms with E-state index in [2.05, 4.69) is 27.0 Å². The maximum Gasteiger partial charge on any atom is 0.268 e. The van der Waals surface area contributed by atoms with Crippen LogP contribution in [0.25, 0.3) is 10.9 Å². The molecule has 0 bridgehead atoms. The van der Waals surface area contributed by atoms with Crippen LogP contribution >= 0.6 is 0 Å². The van der Waals surface area contributed by atoms with Crippen molar-refractivity contribution in [1.29, 1.82) is 0 Å². The van der Waals surface area contributed by atoms with E-state index < -0.39 is 0 Å². The Hall–Kier alpha value is -2.93. The van der Waals surface area contributed by atoms with E-state index in [9.17, 15) is 4.79 Å². The molecule has 0 amide bonds. The van der Waals surface area contributed by atoms with Crippen molar-refractivity contribution in [2.75, 3.05) is 38.2 Å². The third kappa shape index (κ3) is 3.64. The molecule has 7 heteroatoms. The molecule has 0 atom stereocenters. The van der Waals surface area contributed by atoms with Crippen LogP contribution in [-0.4, -0.2) is 53.0 Å². The van der Waals surface area contributed by atoms with Crippen molar-refractivity contribution in [3.63, 3.8) is 0 Å². The van der Waals surface area contributed by atoms with Gasteiger partial charge in [-0.1, -0.05) is 18.2 Å². The highest BCUT2D eigenvalue weighted by molar-refractivity contribution is 5.84. The van der Waals surface area contributed by atoms with Crippen molar-refractivity contribution in [3.8, 4) is 5.75 Å². The first-order valence-corrected chi connectivity index (χ1v) is 9.07. The van der Waals surface area contributed by atoms with E-state index in [4.69, 9.17) is 9.72 Å². The fraction of sp³-hybridized carbons (Fsp3) is 0.350. The molecule has 1 fully saturated rings. The molecule has 140 valence electrons. The number of pyridine rings is 1. The average Bonchev–Trinajstić information content (AvgIpc) is 2.70. The number of piperazine rings is 1. The molecule has 0 N–H and O–H groups in total. The van der Waals surface area contributed by atoms with Gasteiger partial charge < -0.3 is 9.64 Å². The summed E-state index contributed by atoms with van der Waals surface area (Å²) >= 11 is 0. The Balaban J connectivity index is 1.44. The van der Waals surface area contributed by atoms with Crippen LogP contribution in [0.4, 0.5) is 5.69 Å². The lowest BCUT2D eigenvalue weighted by atomic mass is 10.2. The summed E-state index contributed by atoms with van der Waals surface area (Å²) in [7, 11) is 3.34. The van der Waals surface area contributed by atoms with Gasteiger partial charge in [-0.3, -0.25) is 9.69 Å². The summed E-state index contributed by atoms with van der Waals surface area (Å²) in [6, 6.07) is 11.8. The second-order valence-corrected chi connectivity index (χ2v) is 6.77. The van der Waals surface area contributed by atoms with Crippen LogP contribution < -0.4 is 15.2 Å². The number of ether oxygens (including phenoxy) is 1. The Morgan fingerprint density at radius 2 is 1.93 bits per heavy atom. The number of aryl methyl sites for hydroxylation is 1. The number of benzene rings is 1. The van der Waals surface area contributed by atoms with Crippen molar-refractivity contribution >= 4 is 16.6 Å². The number of aromatic nitrogens is 3. The fourth-order valence-electron chi connectivity index (χ4n) is 3.44. The van der Waals surface area contributed by atoms with Crippen LogP contribution in [0, 0.1) is 0 Å². The van der Waals surface area contributed by atoms with Gasteiger partial charge in [0.25, 0.3) is 5.56 Å². The standard InChI is InChI=1S/C20H23N5O2/c1-23-19(26)12-17(13-21-23)25-10-8-24(9-11-25)14-16-7-6-15-4-3-5-18(27-2)20(15)22-16/h3-7,12-13H,8-11,14H2,1-2H3. The molecule has 3 heterocycles. The average molecular weight is 365 g/mol. The van der Waals surface area contributed by atoms with Crippen LogP contribution in [-0.2, 0) is 13.6 Å². The maximum atomic E-state index is 11.8. The van der Waals surface area contributed by atoms with Gasteiger partial charge in [-0.2, -0.15) is 5.10 Å². The van der Waals surface area contributed by atoms with Gasteiger partial charge in [0.1, 0.15) is 11.3 Å². The highest BCUT2D eigenvalue weighted by Crippen LogP contribution is 2.24. The predicted octanol–water partition coefficient (Wildman–Crippen LogP) is 1.66.